The van der Waals surface area contributed by atoms with Gasteiger partial charge in [-0.1, -0.05) is 30.4 Å². The highest BCUT2D eigenvalue weighted by Crippen LogP contribution is 2.22. The number of carbonyl (C=O) groups is 2. The van der Waals surface area contributed by atoms with E-state index in [4.69, 9.17) is 0 Å². The van der Waals surface area contributed by atoms with Crippen LogP contribution in [-0.2, 0) is 16.1 Å². The van der Waals surface area contributed by atoms with E-state index in [0.29, 0.717) is 13.0 Å². The summed E-state index contributed by atoms with van der Waals surface area (Å²) in [5.41, 5.74) is 1.90. The Balaban J connectivity index is 1.95. The van der Waals surface area contributed by atoms with Gasteiger partial charge >= 0.3 is 0 Å². The normalized spacial score (nSPS) is 15.3. The summed E-state index contributed by atoms with van der Waals surface area (Å²) in [6, 6.07) is 7.75. The molecule has 1 aromatic rings. The maximum absolute atomic E-state index is 11.7. The number of rotatable bonds is 5. The summed E-state index contributed by atoms with van der Waals surface area (Å²) in [5, 5.41) is 2.82. The average Bonchev–Trinajstić information content (AvgIpc) is 2.92. The quantitative estimate of drug-likeness (QED) is 0.667. The predicted molar refractivity (Wildman–Crippen MR) is 83.8 cm³/mol. The first kappa shape index (κ1) is 15.0. The molecular weight excluding hydrogens is 264 g/mol. The molecule has 1 saturated heterocycles. The molecule has 0 unspecified atom stereocenters. The Morgan fingerprint density at radius 2 is 2.24 bits per heavy atom. The Bertz CT molecular complexity index is 576. The number of hydrogen-bond acceptors (Lipinski definition) is 2. The summed E-state index contributed by atoms with van der Waals surface area (Å²) in [6.07, 6.45) is 8.40. The van der Waals surface area contributed by atoms with E-state index in [1.165, 1.54) is 6.08 Å². The second-order valence-electron chi connectivity index (χ2n) is 4.92. The van der Waals surface area contributed by atoms with Gasteiger partial charge in [0.05, 0.1) is 0 Å². The minimum Gasteiger partial charge on any atom is -0.348 e. The van der Waals surface area contributed by atoms with Gasteiger partial charge in [-0.15, -0.1) is 0 Å². The zero-order valence-electron chi connectivity index (χ0n) is 12.2. The van der Waals surface area contributed by atoms with E-state index >= 15 is 0 Å². The van der Waals surface area contributed by atoms with Crippen LogP contribution in [0.15, 0.2) is 48.6 Å². The van der Waals surface area contributed by atoms with Crippen molar-refractivity contribution in [2.75, 3.05) is 11.4 Å². The largest absolute Gasteiger partial charge is 0.348 e. The third-order valence-corrected chi connectivity index (χ3v) is 3.31. The fraction of sp³-hybridized carbons (Fsp3) is 0.294. The molecule has 1 N–H and O–H groups in total. The number of benzene rings is 1. The van der Waals surface area contributed by atoms with Crippen molar-refractivity contribution in [1.29, 1.82) is 0 Å². The standard InChI is InChI=1S/C17H20N2O2/c1-2-3-4-9-16(20)18-13-14-7-5-8-15(12-14)19-11-6-10-17(19)21/h2-5,7-9,12H,6,10-11,13H2,1H3,(H,18,20). The van der Waals surface area contributed by atoms with Crippen molar-refractivity contribution in [3.05, 3.63) is 54.1 Å². The maximum atomic E-state index is 11.7. The van der Waals surface area contributed by atoms with Crippen LogP contribution in [0.4, 0.5) is 5.69 Å². The zero-order valence-corrected chi connectivity index (χ0v) is 12.2. The van der Waals surface area contributed by atoms with Gasteiger partial charge in [-0.05, 0) is 31.0 Å². The van der Waals surface area contributed by atoms with Gasteiger partial charge in [-0.3, -0.25) is 9.59 Å². The molecule has 21 heavy (non-hydrogen) atoms. The van der Waals surface area contributed by atoms with E-state index in [1.807, 2.05) is 37.3 Å². The molecule has 4 heteroatoms. The second kappa shape index (κ2) is 7.43. The molecular formula is C17H20N2O2. The monoisotopic (exact) mass is 284 g/mol. The first-order valence-electron chi connectivity index (χ1n) is 7.17. The molecule has 110 valence electrons. The summed E-state index contributed by atoms with van der Waals surface area (Å²) in [5.74, 6) is 0.0428. The van der Waals surface area contributed by atoms with E-state index in [-0.39, 0.29) is 11.8 Å². The van der Waals surface area contributed by atoms with Crippen LogP contribution in [-0.4, -0.2) is 18.4 Å². The van der Waals surface area contributed by atoms with Crippen LogP contribution in [0.1, 0.15) is 25.3 Å². The van der Waals surface area contributed by atoms with Crippen LogP contribution in [0.5, 0.6) is 0 Å². The third-order valence-electron chi connectivity index (χ3n) is 3.31. The minimum absolute atomic E-state index is 0.129. The topological polar surface area (TPSA) is 49.4 Å². The van der Waals surface area contributed by atoms with E-state index in [1.54, 1.807) is 17.1 Å². The highest BCUT2D eigenvalue weighted by Gasteiger charge is 2.21. The van der Waals surface area contributed by atoms with Crippen molar-refractivity contribution in [2.24, 2.45) is 0 Å². The molecule has 0 bridgehead atoms. The number of anilines is 1. The highest BCUT2D eigenvalue weighted by atomic mass is 16.2. The molecule has 0 aliphatic carbocycles. The van der Waals surface area contributed by atoms with Gasteiger partial charge in [-0.25, -0.2) is 0 Å². The number of nitrogens with zero attached hydrogens (tertiary/aromatic N) is 1. The Morgan fingerprint density at radius 1 is 1.38 bits per heavy atom. The lowest BCUT2D eigenvalue weighted by molar-refractivity contribution is -0.117. The highest BCUT2D eigenvalue weighted by molar-refractivity contribution is 5.95. The van der Waals surface area contributed by atoms with Crippen molar-refractivity contribution in [3.63, 3.8) is 0 Å². The lowest BCUT2D eigenvalue weighted by Gasteiger charge is -2.16. The van der Waals surface area contributed by atoms with Crippen molar-refractivity contribution in [3.8, 4) is 0 Å². The first-order chi connectivity index (χ1) is 10.2. The van der Waals surface area contributed by atoms with Crippen LogP contribution in [0.2, 0.25) is 0 Å². The first-order valence-corrected chi connectivity index (χ1v) is 7.17. The molecule has 1 aliphatic rings. The maximum Gasteiger partial charge on any atom is 0.244 e. The predicted octanol–water partition coefficient (Wildman–Crippen LogP) is 2.56. The molecule has 0 radical (unpaired) electrons. The zero-order chi connectivity index (χ0) is 15.1. The summed E-state index contributed by atoms with van der Waals surface area (Å²) < 4.78 is 0. The number of amides is 2. The van der Waals surface area contributed by atoms with Crippen LogP contribution in [0.3, 0.4) is 0 Å². The fourth-order valence-corrected chi connectivity index (χ4v) is 2.26. The average molecular weight is 284 g/mol. The van der Waals surface area contributed by atoms with Crippen LogP contribution >= 0.6 is 0 Å². The molecule has 0 spiro atoms. The van der Waals surface area contributed by atoms with Gasteiger partial charge in [0.2, 0.25) is 11.8 Å². The fourth-order valence-electron chi connectivity index (χ4n) is 2.26. The number of allylic oxidation sites excluding steroid dienone is 3. The van der Waals surface area contributed by atoms with Gasteiger partial charge in [0.1, 0.15) is 0 Å². The summed E-state index contributed by atoms with van der Waals surface area (Å²) in [7, 11) is 0. The Kier molecular flexibility index (Phi) is 5.32. The van der Waals surface area contributed by atoms with Crippen molar-refractivity contribution >= 4 is 17.5 Å². The molecule has 1 fully saturated rings. The van der Waals surface area contributed by atoms with Crippen LogP contribution in [0, 0.1) is 0 Å². The van der Waals surface area contributed by atoms with E-state index < -0.39 is 0 Å². The van der Waals surface area contributed by atoms with Gasteiger partial charge in [0.25, 0.3) is 0 Å². The Hall–Kier alpha value is -2.36. The van der Waals surface area contributed by atoms with Gasteiger partial charge < -0.3 is 10.2 Å². The smallest absolute Gasteiger partial charge is 0.244 e. The van der Waals surface area contributed by atoms with Crippen LogP contribution in [0.25, 0.3) is 0 Å². The number of carbonyl (C=O) groups excluding carboxylic acids is 2. The molecule has 1 aromatic carbocycles. The lowest BCUT2D eigenvalue weighted by atomic mass is 10.2. The van der Waals surface area contributed by atoms with E-state index in [9.17, 15) is 9.59 Å². The molecule has 1 aliphatic heterocycles. The van der Waals surface area contributed by atoms with Gasteiger partial charge in [-0.2, -0.15) is 0 Å². The third kappa shape index (κ3) is 4.31. The molecule has 1 heterocycles. The Labute approximate surface area is 125 Å². The van der Waals surface area contributed by atoms with Crippen molar-refractivity contribution in [2.45, 2.75) is 26.3 Å². The molecule has 0 atom stereocenters. The van der Waals surface area contributed by atoms with E-state index in [0.717, 1.165) is 24.2 Å². The molecule has 2 rings (SSSR count). The van der Waals surface area contributed by atoms with Gasteiger partial charge in [0, 0.05) is 31.3 Å². The molecule has 4 nitrogen and oxygen atoms in total. The summed E-state index contributed by atoms with van der Waals surface area (Å²) >= 11 is 0. The van der Waals surface area contributed by atoms with Crippen molar-refractivity contribution < 1.29 is 9.59 Å². The second-order valence-corrected chi connectivity index (χ2v) is 4.92. The number of nitrogens with one attached hydrogen (secondary N) is 1. The van der Waals surface area contributed by atoms with E-state index in [2.05, 4.69) is 5.32 Å². The number of hydrogen-bond donors (Lipinski definition) is 1. The van der Waals surface area contributed by atoms with Crippen LogP contribution < -0.4 is 10.2 Å². The minimum atomic E-state index is -0.129. The SMILES string of the molecule is CC=CC=CC(=O)NCc1cccc(N2CCCC2=O)c1. The van der Waals surface area contributed by atoms with Gasteiger partial charge in [0.15, 0.2) is 0 Å². The molecule has 2 amide bonds. The molecule has 0 aromatic heterocycles. The molecule has 0 saturated carbocycles. The Morgan fingerprint density at radius 3 is 2.95 bits per heavy atom. The van der Waals surface area contributed by atoms with Crippen molar-refractivity contribution in [1.82, 2.24) is 5.32 Å². The summed E-state index contributed by atoms with van der Waals surface area (Å²) in [4.78, 5) is 25.1. The summed E-state index contributed by atoms with van der Waals surface area (Å²) in [6.45, 7) is 3.13. The lowest BCUT2D eigenvalue weighted by Crippen LogP contribution is -2.24.